The number of guanidine groups is 1. The maximum atomic E-state index is 5.71. The van der Waals surface area contributed by atoms with Crippen LogP contribution in [-0.2, 0) is 0 Å². The predicted molar refractivity (Wildman–Crippen MR) is 77.9 cm³/mol. The molecule has 1 saturated carbocycles. The highest BCUT2D eigenvalue weighted by atomic mass is 15.4. The first-order valence-corrected chi connectivity index (χ1v) is 7.25. The molecule has 4 nitrogen and oxygen atoms in total. The SMILES string of the molecule is NNC(=Nc1ccccc1)N1CCCC2CCCC21. The summed E-state index contributed by atoms with van der Waals surface area (Å²) in [5, 5.41) is 0. The summed E-state index contributed by atoms with van der Waals surface area (Å²) >= 11 is 0. The fourth-order valence-corrected chi connectivity index (χ4v) is 3.52. The maximum Gasteiger partial charge on any atom is 0.213 e. The third-order valence-corrected chi connectivity index (χ3v) is 4.39. The first-order chi connectivity index (χ1) is 9.38. The highest BCUT2D eigenvalue weighted by molar-refractivity contribution is 5.82. The number of rotatable bonds is 1. The molecule has 0 bridgehead atoms. The van der Waals surface area contributed by atoms with Crippen LogP contribution in [-0.4, -0.2) is 23.4 Å². The summed E-state index contributed by atoms with van der Waals surface area (Å²) in [5.41, 5.74) is 3.76. The summed E-state index contributed by atoms with van der Waals surface area (Å²) in [7, 11) is 0. The van der Waals surface area contributed by atoms with E-state index in [4.69, 9.17) is 5.84 Å². The lowest BCUT2D eigenvalue weighted by molar-refractivity contribution is 0.186. The summed E-state index contributed by atoms with van der Waals surface area (Å²) in [6, 6.07) is 10.7. The lowest BCUT2D eigenvalue weighted by Gasteiger charge is -2.39. The Morgan fingerprint density at radius 1 is 1.16 bits per heavy atom. The van der Waals surface area contributed by atoms with Crippen molar-refractivity contribution in [1.29, 1.82) is 0 Å². The molecule has 3 rings (SSSR count). The van der Waals surface area contributed by atoms with E-state index in [0.29, 0.717) is 6.04 Å². The number of aliphatic imine (C=N–C) groups is 1. The van der Waals surface area contributed by atoms with Gasteiger partial charge in [-0.05, 0) is 43.7 Å². The summed E-state index contributed by atoms with van der Waals surface area (Å²) in [6.07, 6.45) is 6.60. The van der Waals surface area contributed by atoms with Gasteiger partial charge in [-0.3, -0.25) is 5.43 Å². The van der Waals surface area contributed by atoms with Crippen molar-refractivity contribution in [3.63, 3.8) is 0 Å². The zero-order valence-electron chi connectivity index (χ0n) is 11.3. The molecule has 1 saturated heterocycles. The summed E-state index contributed by atoms with van der Waals surface area (Å²) in [5.74, 6) is 7.37. The standard InChI is InChI=1S/C15H22N4/c16-18-15(17-13-8-2-1-3-9-13)19-11-5-7-12-6-4-10-14(12)19/h1-3,8-9,12,14H,4-7,10-11,16H2,(H,17,18). The van der Waals surface area contributed by atoms with Crippen molar-refractivity contribution in [2.75, 3.05) is 6.54 Å². The summed E-state index contributed by atoms with van der Waals surface area (Å²) in [4.78, 5) is 7.05. The number of para-hydroxylation sites is 1. The van der Waals surface area contributed by atoms with Crippen molar-refractivity contribution in [3.05, 3.63) is 30.3 Å². The van der Waals surface area contributed by atoms with Crippen LogP contribution in [0.25, 0.3) is 0 Å². The molecule has 2 fully saturated rings. The molecular formula is C15H22N4. The average molecular weight is 258 g/mol. The van der Waals surface area contributed by atoms with E-state index in [1.165, 1.54) is 32.1 Å². The molecule has 3 N–H and O–H groups in total. The van der Waals surface area contributed by atoms with Crippen LogP contribution in [0.4, 0.5) is 5.69 Å². The van der Waals surface area contributed by atoms with Gasteiger partial charge in [-0.15, -0.1) is 0 Å². The second kappa shape index (κ2) is 5.61. The van der Waals surface area contributed by atoms with E-state index in [9.17, 15) is 0 Å². The number of benzene rings is 1. The largest absolute Gasteiger partial charge is 0.338 e. The van der Waals surface area contributed by atoms with Crippen LogP contribution < -0.4 is 11.3 Å². The van der Waals surface area contributed by atoms with Gasteiger partial charge in [0.25, 0.3) is 0 Å². The molecule has 1 aromatic rings. The topological polar surface area (TPSA) is 53.6 Å². The van der Waals surface area contributed by atoms with E-state index >= 15 is 0 Å². The highest BCUT2D eigenvalue weighted by Crippen LogP contribution is 2.36. The molecule has 2 unspecified atom stereocenters. The average Bonchev–Trinajstić information content (AvgIpc) is 2.94. The van der Waals surface area contributed by atoms with E-state index < -0.39 is 0 Å². The molecule has 2 aliphatic rings. The van der Waals surface area contributed by atoms with Gasteiger partial charge in [0.05, 0.1) is 5.69 Å². The number of nitrogens with one attached hydrogen (secondary N) is 1. The Morgan fingerprint density at radius 3 is 2.74 bits per heavy atom. The number of likely N-dealkylation sites (tertiary alicyclic amines) is 1. The van der Waals surface area contributed by atoms with Crippen LogP contribution in [0.1, 0.15) is 32.1 Å². The molecule has 0 aromatic heterocycles. The monoisotopic (exact) mass is 258 g/mol. The van der Waals surface area contributed by atoms with Crippen molar-refractivity contribution >= 4 is 11.6 Å². The van der Waals surface area contributed by atoms with Crippen LogP contribution in [0.2, 0.25) is 0 Å². The Hall–Kier alpha value is -1.55. The minimum atomic E-state index is 0.632. The van der Waals surface area contributed by atoms with Gasteiger partial charge in [-0.25, -0.2) is 10.8 Å². The van der Waals surface area contributed by atoms with Gasteiger partial charge in [0.2, 0.25) is 5.96 Å². The number of nitrogens with zero attached hydrogens (tertiary/aromatic N) is 2. The van der Waals surface area contributed by atoms with Gasteiger partial charge < -0.3 is 4.90 Å². The Labute approximate surface area is 114 Å². The van der Waals surface area contributed by atoms with E-state index in [1.807, 2.05) is 30.3 Å². The van der Waals surface area contributed by atoms with E-state index in [2.05, 4.69) is 15.3 Å². The Balaban J connectivity index is 1.83. The zero-order chi connectivity index (χ0) is 13.1. The number of fused-ring (bicyclic) bond motifs is 1. The molecule has 2 atom stereocenters. The fourth-order valence-electron chi connectivity index (χ4n) is 3.52. The number of hydrogen-bond acceptors (Lipinski definition) is 2. The third-order valence-electron chi connectivity index (χ3n) is 4.39. The molecule has 4 heteroatoms. The molecule has 0 spiro atoms. The first kappa shape index (κ1) is 12.5. The van der Waals surface area contributed by atoms with Crippen molar-refractivity contribution in [2.24, 2.45) is 16.8 Å². The van der Waals surface area contributed by atoms with Crippen LogP contribution in [0.15, 0.2) is 35.3 Å². The predicted octanol–water partition coefficient (Wildman–Crippen LogP) is 2.40. The van der Waals surface area contributed by atoms with E-state index in [0.717, 1.165) is 24.1 Å². The third kappa shape index (κ3) is 2.59. The van der Waals surface area contributed by atoms with Gasteiger partial charge in [0.15, 0.2) is 0 Å². The summed E-state index contributed by atoms with van der Waals surface area (Å²) in [6.45, 7) is 1.07. The van der Waals surface area contributed by atoms with E-state index in [1.54, 1.807) is 0 Å². The smallest absolute Gasteiger partial charge is 0.213 e. The lowest BCUT2D eigenvalue weighted by Crippen LogP contribution is -2.53. The molecule has 1 aromatic carbocycles. The minimum absolute atomic E-state index is 0.632. The van der Waals surface area contributed by atoms with Crippen LogP contribution in [0.3, 0.4) is 0 Å². The maximum absolute atomic E-state index is 5.71. The van der Waals surface area contributed by atoms with Crippen molar-refractivity contribution in [1.82, 2.24) is 10.3 Å². The van der Waals surface area contributed by atoms with Gasteiger partial charge in [0.1, 0.15) is 0 Å². The van der Waals surface area contributed by atoms with Crippen LogP contribution in [0.5, 0.6) is 0 Å². The molecule has 0 amide bonds. The van der Waals surface area contributed by atoms with Crippen molar-refractivity contribution in [3.8, 4) is 0 Å². The molecular weight excluding hydrogens is 236 g/mol. The molecule has 19 heavy (non-hydrogen) atoms. The molecule has 102 valence electrons. The fraction of sp³-hybridized carbons (Fsp3) is 0.533. The molecule has 1 aliphatic carbocycles. The molecule has 0 radical (unpaired) electrons. The number of hydrogen-bond donors (Lipinski definition) is 2. The Bertz CT molecular complexity index is 443. The number of piperidine rings is 1. The van der Waals surface area contributed by atoms with Gasteiger partial charge in [-0.1, -0.05) is 24.6 Å². The summed E-state index contributed by atoms with van der Waals surface area (Å²) < 4.78 is 0. The zero-order valence-corrected chi connectivity index (χ0v) is 11.3. The first-order valence-electron chi connectivity index (χ1n) is 7.25. The second-order valence-electron chi connectivity index (χ2n) is 5.51. The number of hydrazine groups is 1. The van der Waals surface area contributed by atoms with Crippen LogP contribution in [0, 0.1) is 5.92 Å². The van der Waals surface area contributed by atoms with Gasteiger partial charge >= 0.3 is 0 Å². The van der Waals surface area contributed by atoms with Crippen molar-refractivity contribution < 1.29 is 0 Å². The van der Waals surface area contributed by atoms with Crippen molar-refractivity contribution in [2.45, 2.75) is 38.1 Å². The molecule has 1 aliphatic heterocycles. The van der Waals surface area contributed by atoms with Gasteiger partial charge in [0, 0.05) is 12.6 Å². The lowest BCUT2D eigenvalue weighted by atomic mass is 9.92. The van der Waals surface area contributed by atoms with E-state index in [-0.39, 0.29) is 0 Å². The Kier molecular flexibility index (Phi) is 3.69. The van der Waals surface area contributed by atoms with Crippen LogP contribution >= 0.6 is 0 Å². The quantitative estimate of drug-likeness (QED) is 0.352. The highest BCUT2D eigenvalue weighted by Gasteiger charge is 2.36. The normalized spacial score (nSPS) is 27.2. The Morgan fingerprint density at radius 2 is 1.95 bits per heavy atom. The second-order valence-corrected chi connectivity index (χ2v) is 5.51. The van der Waals surface area contributed by atoms with Gasteiger partial charge in [-0.2, -0.15) is 0 Å². The minimum Gasteiger partial charge on any atom is -0.338 e. The molecule has 1 heterocycles. The number of nitrogens with two attached hydrogens (primary N) is 1.